The molecule has 4 rings (SSSR count). The van der Waals surface area contributed by atoms with E-state index in [0.717, 1.165) is 49.2 Å². The van der Waals surface area contributed by atoms with Gasteiger partial charge in [0.1, 0.15) is 23.1 Å². The summed E-state index contributed by atoms with van der Waals surface area (Å²) in [6.07, 6.45) is 4.89. The Morgan fingerprint density at radius 3 is 2.59 bits per heavy atom. The predicted octanol–water partition coefficient (Wildman–Crippen LogP) is 4.40. The van der Waals surface area contributed by atoms with Crippen molar-refractivity contribution < 1.29 is 18.7 Å². The number of nitrogens with one attached hydrogen (secondary N) is 1. The standard InChI is InChI=1S/C24H27FN4O3/c1-31-18-12-16(13-19(15-18)32-2)7-10-23(30)26-21-14-17(8-9-20(21)25)24-28-27-22-6-4-3-5-11-29(22)24/h8-9,12-15H,3-7,10-11H2,1-2H3,(H,26,30). The van der Waals surface area contributed by atoms with Gasteiger partial charge in [-0.3, -0.25) is 4.79 Å². The second-order valence-corrected chi connectivity index (χ2v) is 7.87. The maximum absolute atomic E-state index is 14.4. The van der Waals surface area contributed by atoms with Crippen LogP contribution in [0.25, 0.3) is 11.4 Å². The quantitative estimate of drug-likeness (QED) is 0.592. The first kappa shape index (κ1) is 21.8. The van der Waals surface area contributed by atoms with E-state index in [2.05, 4.69) is 20.1 Å². The number of hydrogen-bond acceptors (Lipinski definition) is 5. The topological polar surface area (TPSA) is 78.3 Å². The Kier molecular flexibility index (Phi) is 6.68. The van der Waals surface area contributed by atoms with Crippen molar-refractivity contribution in [1.29, 1.82) is 0 Å². The van der Waals surface area contributed by atoms with Crippen LogP contribution < -0.4 is 14.8 Å². The first-order valence-corrected chi connectivity index (χ1v) is 10.8. The molecule has 1 aliphatic heterocycles. The first-order chi connectivity index (χ1) is 15.6. The van der Waals surface area contributed by atoms with Gasteiger partial charge >= 0.3 is 0 Å². The molecule has 1 aromatic heterocycles. The molecule has 0 fully saturated rings. The fourth-order valence-corrected chi connectivity index (χ4v) is 3.94. The Balaban J connectivity index is 1.47. The minimum Gasteiger partial charge on any atom is -0.497 e. The normalized spacial score (nSPS) is 13.2. The van der Waals surface area contributed by atoms with Gasteiger partial charge in [0, 0.05) is 31.0 Å². The number of ether oxygens (including phenoxy) is 2. The van der Waals surface area contributed by atoms with Crippen molar-refractivity contribution in [1.82, 2.24) is 14.8 Å². The number of carbonyl (C=O) groups excluding carboxylic acids is 1. The number of hydrogen-bond donors (Lipinski definition) is 1. The number of aryl methyl sites for hydroxylation is 2. The second-order valence-electron chi connectivity index (χ2n) is 7.87. The molecular weight excluding hydrogens is 411 g/mol. The van der Waals surface area contributed by atoms with Gasteiger partial charge in [0.25, 0.3) is 0 Å². The van der Waals surface area contributed by atoms with Gasteiger partial charge in [-0.15, -0.1) is 10.2 Å². The van der Waals surface area contributed by atoms with Crippen molar-refractivity contribution in [2.45, 2.75) is 45.1 Å². The zero-order valence-electron chi connectivity index (χ0n) is 18.4. The number of nitrogens with zero attached hydrogens (tertiary/aromatic N) is 3. The molecule has 2 aromatic carbocycles. The molecule has 3 aromatic rings. The molecule has 168 valence electrons. The van der Waals surface area contributed by atoms with E-state index in [1.165, 1.54) is 6.07 Å². The summed E-state index contributed by atoms with van der Waals surface area (Å²) in [5.41, 5.74) is 1.78. The molecular formula is C24H27FN4O3. The summed E-state index contributed by atoms with van der Waals surface area (Å²) in [6.45, 7) is 0.848. The lowest BCUT2D eigenvalue weighted by Crippen LogP contribution is -2.14. The molecule has 1 amide bonds. The number of methoxy groups -OCH3 is 2. The summed E-state index contributed by atoms with van der Waals surface area (Å²) < 4.78 is 27.1. The van der Waals surface area contributed by atoms with Crippen LogP contribution in [-0.2, 0) is 24.2 Å². The Bertz CT molecular complexity index is 1090. The number of rotatable bonds is 7. The molecule has 0 aliphatic carbocycles. The highest BCUT2D eigenvalue weighted by Gasteiger charge is 2.18. The van der Waals surface area contributed by atoms with E-state index in [9.17, 15) is 9.18 Å². The molecule has 1 N–H and O–H groups in total. The van der Waals surface area contributed by atoms with Gasteiger partial charge in [0.15, 0.2) is 5.82 Å². The van der Waals surface area contributed by atoms with Crippen LogP contribution in [0.15, 0.2) is 36.4 Å². The molecule has 0 spiro atoms. The molecule has 0 radical (unpaired) electrons. The zero-order chi connectivity index (χ0) is 22.5. The average Bonchev–Trinajstić information content (AvgIpc) is 3.06. The number of amides is 1. The number of benzene rings is 2. The summed E-state index contributed by atoms with van der Waals surface area (Å²) in [7, 11) is 3.16. The summed E-state index contributed by atoms with van der Waals surface area (Å²) in [4.78, 5) is 12.5. The molecule has 0 bridgehead atoms. The average molecular weight is 439 g/mol. The Morgan fingerprint density at radius 1 is 1.06 bits per heavy atom. The number of carbonyl (C=O) groups is 1. The van der Waals surface area contributed by atoms with Crippen molar-refractivity contribution in [3.8, 4) is 22.9 Å². The van der Waals surface area contributed by atoms with E-state index in [4.69, 9.17) is 9.47 Å². The fraction of sp³-hybridized carbons (Fsp3) is 0.375. The third kappa shape index (κ3) is 4.90. The smallest absolute Gasteiger partial charge is 0.224 e. The Morgan fingerprint density at radius 2 is 1.84 bits per heavy atom. The van der Waals surface area contributed by atoms with Crippen LogP contribution in [0.2, 0.25) is 0 Å². The van der Waals surface area contributed by atoms with Crippen LogP contribution in [0.3, 0.4) is 0 Å². The van der Waals surface area contributed by atoms with E-state index in [0.29, 0.717) is 23.7 Å². The predicted molar refractivity (Wildman–Crippen MR) is 119 cm³/mol. The molecule has 7 nitrogen and oxygen atoms in total. The summed E-state index contributed by atoms with van der Waals surface area (Å²) >= 11 is 0. The highest BCUT2D eigenvalue weighted by Crippen LogP contribution is 2.27. The largest absolute Gasteiger partial charge is 0.497 e. The monoisotopic (exact) mass is 438 g/mol. The Labute approximate surface area is 186 Å². The molecule has 0 atom stereocenters. The van der Waals surface area contributed by atoms with Crippen molar-refractivity contribution in [2.75, 3.05) is 19.5 Å². The highest BCUT2D eigenvalue weighted by molar-refractivity contribution is 5.91. The Hall–Kier alpha value is -3.42. The van der Waals surface area contributed by atoms with Gasteiger partial charge in [-0.25, -0.2) is 4.39 Å². The number of anilines is 1. The molecule has 2 heterocycles. The van der Waals surface area contributed by atoms with Gasteiger partial charge in [0.05, 0.1) is 19.9 Å². The highest BCUT2D eigenvalue weighted by atomic mass is 19.1. The molecule has 1 aliphatic rings. The zero-order valence-corrected chi connectivity index (χ0v) is 18.4. The number of halogens is 1. The third-order valence-electron chi connectivity index (χ3n) is 5.66. The lowest BCUT2D eigenvalue weighted by Gasteiger charge is -2.11. The van der Waals surface area contributed by atoms with Gasteiger partial charge in [-0.1, -0.05) is 6.42 Å². The molecule has 0 saturated carbocycles. The van der Waals surface area contributed by atoms with Gasteiger partial charge in [-0.2, -0.15) is 0 Å². The van der Waals surface area contributed by atoms with Crippen LogP contribution >= 0.6 is 0 Å². The van der Waals surface area contributed by atoms with Gasteiger partial charge in [-0.05, 0) is 55.2 Å². The van der Waals surface area contributed by atoms with Crippen molar-refractivity contribution >= 4 is 11.6 Å². The third-order valence-corrected chi connectivity index (χ3v) is 5.66. The van der Waals surface area contributed by atoms with Crippen LogP contribution in [0, 0.1) is 5.82 Å². The molecule has 32 heavy (non-hydrogen) atoms. The SMILES string of the molecule is COc1cc(CCC(=O)Nc2cc(-c3nnc4n3CCCCC4)ccc2F)cc(OC)c1. The molecule has 0 saturated heterocycles. The lowest BCUT2D eigenvalue weighted by atomic mass is 10.1. The van der Waals surface area contributed by atoms with Crippen LogP contribution in [-0.4, -0.2) is 34.9 Å². The first-order valence-electron chi connectivity index (χ1n) is 10.8. The summed E-state index contributed by atoms with van der Waals surface area (Å²) in [5.74, 6) is 2.22. The number of fused-ring (bicyclic) bond motifs is 1. The van der Waals surface area contributed by atoms with E-state index in [-0.39, 0.29) is 18.0 Å². The second kappa shape index (κ2) is 9.80. The van der Waals surface area contributed by atoms with E-state index in [1.807, 2.05) is 12.1 Å². The van der Waals surface area contributed by atoms with Crippen molar-refractivity contribution in [3.05, 3.63) is 53.6 Å². The van der Waals surface area contributed by atoms with Crippen LogP contribution in [0.4, 0.5) is 10.1 Å². The van der Waals surface area contributed by atoms with Gasteiger partial charge in [0.2, 0.25) is 5.91 Å². The molecule has 8 heteroatoms. The summed E-state index contributed by atoms with van der Waals surface area (Å²) in [5, 5.41) is 11.3. The van der Waals surface area contributed by atoms with Crippen LogP contribution in [0.5, 0.6) is 11.5 Å². The molecule has 0 unspecified atom stereocenters. The van der Waals surface area contributed by atoms with E-state index < -0.39 is 5.82 Å². The fourth-order valence-electron chi connectivity index (χ4n) is 3.94. The minimum absolute atomic E-state index is 0.140. The lowest BCUT2D eigenvalue weighted by molar-refractivity contribution is -0.116. The van der Waals surface area contributed by atoms with Gasteiger partial charge < -0.3 is 19.4 Å². The maximum atomic E-state index is 14.4. The minimum atomic E-state index is -0.485. The summed E-state index contributed by atoms with van der Waals surface area (Å²) in [6, 6.07) is 10.1. The maximum Gasteiger partial charge on any atom is 0.224 e. The van der Waals surface area contributed by atoms with Crippen LogP contribution in [0.1, 0.15) is 37.1 Å². The van der Waals surface area contributed by atoms with E-state index >= 15 is 0 Å². The van der Waals surface area contributed by atoms with E-state index in [1.54, 1.807) is 32.4 Å². The van der Waals surface area contributed by atoms with Crippen molar-refractivity contribution in [3.63, 3.8) is 0 Å². The number of aromatic nitrogens is 3. The van der Waals surface area contributed by atoms with Crippen molar-refractivity contribution in [2.24, 2.45) is 0 Å².